The van der Waals surface area contributed by atoms with Crippen molar-refractivity contribution in [3.05, 3.63) is 52.2 Å². The van der Waals surface area contributed by atoms with Gasteiger partial charge >= 0.3 is 0 Å². The Labute approximate surface area is 115 Å². The van der Waals surface area contributed by atoms with Crippen molar-refractivity contribution in [3.8, 4) is 23.1 Å². The molecule has 0 spiro atoms. The molecule has 0 aliphatic rings. The van der Waals surface area contributed by atoms with Crippen molar-refractivity contribution in [1.82, 2.24) is 4.98 Å². The summed E-state index contributed by atoms with van der Waals surface area (Å²) >= 11 is 0. The summed E-state index contributed by atoms with van der Waals surface area (Å²) in [6.07, 6.45) is 1.45. The molecule has 0 aliphatic heterocycles. The Kier molecular flexibility index (Phi) is 3.91. The molecule has 0 radical (unpaired) electrons. The van der Waals surface area contributed by atoms with Crippen LogP contribution in [0.2, 0.25) is 0 Å². The van der Waals surface area contributed by atoms with Gasteiger partial charge in [0.15, 0.2) is 5.75 Å². The molecule has 0 amide bonds. The highest BCUT2D eigenvalue weighted by atomic mass is 16.6. The van der Waals surface area contributed by atoms with Gasteiger partial charge in [-0.2, -0.15) is 5.26 Å². The molecule has 0 aliphatic carbocycles. The smallest absolute Gasteiger partial charge is 0.270 e. The van der Waals surface area contributed by atoms with E-state index >= 15 is 0 Å². The largest absolute Gasteiger partial charge is 0.491 e. The lowest BCUT2D eigenvalue weighted by molar-refractivity contribution is -0.384. The predicted molar refractivity (Wildman–Crippen MR) is 72.2 cm³/mol. The molecular formula is C14H11N3O3. The first-order valence-electron chi connectivity index (χ1n) is 5.93. The first kappa shape index (κ1) is 13.5. The topological polar surface area (TPSA) is 89.1 Å². The number of nitrogens with zero attached hydrogens (tertiary/aromatic N) is 3. The first-order valence-corrected chi connectivity index (χ1v) is 5.93. The number of hydrogen-bond donors (Lipinski definition) is 0. The van der Waals surface area contributed by atoms with Crippen molar-refractivity contribution in [2.45, 2.75) is 6.92 Å². The summed E-state index contributed by atoms with van der Waals surface area (Å²) in [5.74, 6) is 0.407. The summed E-state index contributed by atoms with van der Waals surface area (Å²) in [5.41, 5.74) is 1.41. The number of aromatic nitrogens is 1. The van der Waals surface area contributed by atoms with Gasteiger partial charge in [-0.15, -0.1) is 0 Å². The second-order valence-corrected chi connectivity index (χ2v) is 3.92. The molecule has 0 saturated carbocycles. The van der Waals surface area contributed by atoms with Crippen LogP contribution >= 0.6 is 0 Å². The molecule has 0 fully saturated rings. The second-order valence-electron chi connectivity index (χ2n) is 3.92. The monoisotopic (exact) mass is 269 g/mol. The van der Waals surface area contributed by atoms with E-state index in [1.807, 2.05) is 13.0 Å². The summed E-state index contributed by atoms with van der Waals surface area (Å²) in [4.78, 5) is 14.5. The predicted octanol–water partition coefficient (Wildman–Crippen LogP) is 2.93. The van der Waals surface area contributed by atoms with Gasteiger partial charge in [0, 0.05) is 17.7 Å². The van der Waals surface area contributed by atoms with Crippen molar-refractivity contribution < 1.29 is 9.66 Å². The van der Waals surface area contributed by atoms with Crippen LogP contribution in [0.5, 0.6) is 5.75 Å². The van der Waals surface area contributed by atoms with Crippen LogP contribution in [0, 0.1) is 21.4 Å². The fourth-order valence-electron chi connectivity index (χ4n) is 1.74. The Hall–Kier alpha value is -2.94. The highest BCUT2D eigenvalue weighted by molar-refractivity contribution is 5.65. The van der Waals surface area contributed by atoms with Crippen LogP contribution in [0.15, 0.2) is 36.5 Å². The van der Waals surface area contributed by atoms with Crippen LogP contribution in [0.1, 0.15) is 12.5 Å². The molecule has 6 nitrogen and oxygen atoms in total. The minimum atomic E-state index is -0.469. The van der Waals surface area contributed by atoms with Gasteiger partial charge in [0.2, 0.25) is 0 Å². The van der Waals surface area contributed by atoms with Gasteiger partial charge in [-0.05, 0) is 13.0 Å². The van der Waals surface area contributed by atoms with Crippen LogP contribution in [-0.4, -0.2) is 16.5 Å². The Morgan fingerprint density at radius 3 is 2.90 bits per heavy atom. The highest BCUT2D eigenvalue weighted by Gasteiger charge is 2.11. The number of ether oxygens (including phenoxy) is 1. The zero-order valence-electron chi connectivity index (χ0n) is 10.7. The van der Waals surface area contributed by atoms with Crippen LogP contribution in [0.25, 0.3) is 11.3 Å². The number of benzene rings is 1. The summed E-state index contributed by atoms with van der Waals surface area (Å²) in [7, 11) is 0. The normalized spacial score (nSPS) is 9.80. The molecule has 1 aromatic carbocycles. The lowest BCUT2D eigenvalue weighted by atomic mass is 10.1. The maximum absolute atomic E-state index is 10.8. The SMILES string of the molecule is CCOc1cnc(-c2cccc([N+](=O)[O-])c2)cc1C#N. The van der Waals surface area contributed by atoms with Crippen LogP contribution in [-0.2, 0) is 0 Å². The van der Waals surface area contributed by atoms with Gasteiger partial charge in [0.1, 0.15) is 6.07 Å². The standard InChI is InChI=1S/C14H11N3O3/c1-2-20-14-9-16-13(7-11(14)8-15)10-4-3-5-12(6-10)17(18)19/h3-7,9H,2H2,1H3. The minimum Gasteiger partial charge on any atom is -0.491 e. The zero-order valence-corrected chi connectivity index (χ0v) is 10.7. The fraction of sp³-hybridized carbons (Fsp3) is 0.143. The molecule has 100 valence electrons. The minimum absolute atomic E-state index is 0.0170. The summed E-state index contributed by atoms with van der Waals surface area (Å²) in [6.45, 7) is 2.25. The van der Waals surface area contributed by atoms with E-state index in [2.05, 4.69) is 4.98 Å². The van der Waals surface area contributed by atoms with E-state index < -0.39 is 4.92 Å². The Morgan fingerprint density at radius 2 is 2.25 bits per heavy atom. The van der Waals surface area contributed by atoms with Crippen molar-refractivity contribution in [2.75, 3.05) is 6.61 Å². The number of nitro groups is 1. The molecule has 1 aromatic heterocycles. The maximum atomic E-state index is 10.8. The molecule has 1 heterocycles. The van der Waals surface area contributed by atoms with E-state index in [0.717, 1.165) is 0 Å². The van der Waals surface area contributed by atoms with Crippen molar-refractivity contribution in [1.29, 1.82) is 5.26 Å². The highest BCUT2D eigenvalue weighted by Crippen LogP contribution is 2.26. The molecule has 2 rings (SSSR count). The van der Waals surface area contributed by atoms with Gasteiger partial charge in [0.25, 0.3) is 5.69 Å². The van der Waals surface area contributed by atoms with Gasteiger partial charge in [0.05, 0.1) is 29.0 Å². The quantitative estimate of drug-likeness (QED) is 0.628. The van der Waals surface area contributed by atoms with Gasteiger partial charge in [-0.3, -0.25) is 15.1 Å². The van der Waals surface area contributed by atoms with E-state index in [1.54, 1.807) is 18.2 Å². The Morgan fingerprint density at radius 1 is 1.45 bits per heavy atom. The number of rotatable bonds is 4. The van der Waals surface area contributed by atoms with Gasteiger partial charge in [-0.1, -0.05) is 12.1 Å². The third-order valence-corrected chi connectivity index (χ3v) is 2.64. The van der Waals surface area contributed by atoms with E-state index in [0.29, 0.717) is 29.2 Å². The van der Waals surface area contributed by atoms with Gasteiger partial charge in [-0.25, -0.2) is 0 Å². The average molecular weight is 269 g/mol. The molecule has 0 N–H and O–H groups in total. The fourth-order valence-corrected chi connectivity index (χ4v) is 1.74. The molecule has 0 saturated heterocycles. The molecule has 0 bridgehead atoms. The molecular weight excluding hydrogens is 258 g/mol. The first-order chi connectivity index (χ1) is 9.65. The summed E-state index contributed by atoms with van der Waals surface area (Å²) in [6, 6.07) is 9.70. The van der Waals surface area contributed by atoms with E-state index in [9.17, 15) is 10.1 Å². The number of pyridine rings is 1. The van der Waals surface area contributed by atoms with Crippen LogP contribution in [0.4, 0.5) is 5.69 Å². The van der Waals surface area contributed by atoms with E-state index in [1.165, 1.54) is 18.3 Å². The number of nitro benzene ring substituents is 1. The maximum Gasteiger partial charge on any atom is 0.270 e. The Bertz CT molecular complexity index is 692. The summed E-state index contributed by atoms with van der Waals surface area (Å²) < 4.78 is 5.29. The number of non-ortho nitro benzene ring substituents is 1. The number of nitriles is 1. The van der Waals surface area contributed by atoms with Crippen molar-refractivity contribution in [3.63, 3.8) is 0 Å². The summed E-state index contributed by atoms with van der Waals surface area (Å²) in [5, 5.41) is 19.9. The van der Waals surface area contributed by atoms with Crippen LogP contribution in [0.3, 0.4) is 0 Å². The zero-order chi connectivity index (χ0) is 14.5. The molecule has 20 heavy (non-hydrogen) atoms. The molecule has 0 unspecified atom stereocenters. The van der Waals surface area contributed by atoms with E-state index in [4.69, 9.17) is 10.00 Å². The van der Waals surface area contributed by atoms with Crippen molar-refractivity contribution in [2.24, 2.45) is 0 Å². The lowest BCUT2D eigenvalue weighted by Crippen LogP contribution is -1.96. The molecule has 6 heteroatoms. The molecule has 2 aromatic rings. The lowest BCUT2D eigenvalue weighted by Gasteiger charge is -2.06. The van der Waals surface area contributed by atoms with Crippen molar-refractivity contribution >= 4 is 5.69 Å². The number of hydrogen-bond acceptors (Lipinski definition) is 5. The average Bonchev–Trinajstić information content (AvgIpc) is 2.48. The van der Waals surface area contributed by atoms with Gasteiger partial charge < -0.3 is 4.74 Å². The third kappa shape index (κ3) is 2.72. The third-order valence-electron chi connectivity index (χ3n) is 2.64. The van der Waals surface area contributed by atoms with E-state index in [-0.39, 0.29) is 5.69 Å². The second kappa shape index (κ2) is 5.80. The molecule has 0 atom stereocenters. The van der Waals surface area contributed by atoms with Crippen LogP contribution < -0.4 is 4.74 Å². The Balaban J connectivity index is 2.46.